The number of hydrogen-bond donors (Lipinski definition) is 3. The summed E-state index contributed by atoms with van der Waals surface area (Å²) in [4.78, 5) is 22.3. The van der Waals surface area contributed by atoms with Gasteiger partial charge in [0.2, 0.25) is 5.91 Å². The van der Waals surface area contributed by atoms with Crippen molar-refractivity contribution < 1.29 is 19.4 Å². The summed E-state index contributed by atoms with van der Waals surface area (Å²) in [6.07, 6.45) is -1.59. The number of amides is 1. The molecule has 1 unspecified atom stereocenters. The number of ether oxygens (including phenoxy) is 1. The predicted molar refractivity (Wildman–Crippen MR) is 70.3 cm³/mol. The number of carbonyl (C=O) groups is 2. The molecule has 2 atom stereocenters. The molecule has 104 valence electrons. The number of halogens is 2. The number of aliphatic carboxylic acids is 1. The van der Waals surface area contributed by atoms with Crippen molar-refractivity contribution in [2.45, 2.75) is 19.2 Å². The number of carbonyl (C=O) groups excluding carboxylic acids is 1. The van der Waals surface area contributed by atoms with Crippen LogP contribution in [-0.2, 0) is 9.59 Å². The van der Waals surface area contributed by atoms with E-state index < -0.39 is 24.1 Å². The van der Waals surface area contributed by atoms with Crippen LogP contribution >= 0.6 is 23.2 Å². The molecule has 0 aliphatic carbocycles. The maximum atomic E-state index is 11.4. The summed E-state index contributed by atoms with van der Waals surface area (Å²) < 4.78 is 5.10. The molecule has 4 N–H and O–H groups in total. The molecule has 0 saturated heterocycles. The van der Waals surface area contributed by atoms with E-state index in [9.17, 15) is 9.59 Å². The highest BCUT2D eigenvalue weighted by atomic mass is 35.5. The molecular formula is C11H12Cl2N2O4. The number of carboxylic acid groups (broad SMARTS) is 1. The van der Waals surface area contributed by atoms with Crippen molar-refractivity contribution in [3.63, 3.8) is 0 Å². The summed E-state index contributed by atoms with van der Waals surface area (Å²) in [5.41, 5.74) is 5.32. The Morgan fingerprint density at radius 1 is 1.42 bits per heavy atom. The number of benzene rings is 1. The van der Waals surface area contributed by atoms with Gasteiger partial charge < -0.3 is 20.9 Å². The van der Waals surface area contributed by atoms with Gasteiger partial charge in [-0.2, -0.15) is 0 Å². The van der Waals surface area contributed by atoms with Gasteiger partial charge in [0.15, 0.2) is 0 Å². The molecule has 8 heteroatoms. The van der Waals surface area contributed by atoms with E-state index in [2.05, 4.69) is 5.32 Å². The zero-order chi connectivity index (χ0) is 14.6. The molecule has 0 aliphatic rings. The Morgan fingerprint density at radius 3 is 2.53 bits per heavy atom. The highest BCUT2D eigenvalue weighted by Crippen LogP contribution is 2.28. The van der Waals surface area contributed by atoms with Gasteiger partial charge in [0.05, 0.1) is 11.1 Å². The fraction of sp³-hybridized carbons (Fsp3) is 0.273. The molecule has 1 aromatic rings. The molecule has 1 amide bonds. The van der Waals surface area contributed by atoms with Crippen molar-refractivity contribution in [1.82, 2.24) is 5.32 Å². The number of rotatable bonds is 5. The summed E-state index contributed by atoms with van der Waals surface area (Å²) in [6.45, 7) is 1.42. The molecule has 1 aromatic carbocycles. The second kappa shape index (κ2) is 6.60. The van der Waals surface area contributed by atoms with Gasteiger partial charge in [-0.25, -0.2) is 4.79 Å². The summed E-state index contributed by atoms with van der Waals surface area (Å²) >= 11 is 11.5. The SMILES string of the molecule is C[C@H](N)C(=O)NC(Oc1ccc(Cl)cc1Cl)C(=O)O. The average molecular weight is 307 g/mol. The smallest absolute Gasteiger partial charge is 0.366 e. The van der Waals surface area contributed by atoms with Crippen LogP contribution in [0, 0.1) is 0 Å². The van der Waals surface area contributed by atoms with Gasteiger partial charge in [-0.05, 0) is 25.1 Å². The minimum Gasteiger partial charge on any atom is -0.477 e. The standard InChI is InChI=1S/C11H12Cl2N2O4/c1-5(14)9(16)15-10(11(17)18)19-8-3-2-6(12)4-7(8)13/h2-5,10H,14H2,1H3,(H,15,16)(H,17,18)/t5-,10?/m0/s1. The van der Waals surface area contributed by atoms with Crippen molar-refractivity contribution in [2.75, 3.05) is 0 Å². The quantitative estimate of drug-likeness (QED) is 0.711. The number of carboxylic acids is 1. The number of hydrogen-bond acceptors (Lipinski definition) is 4. The molecule has 0 fully saturated rings. The van der Waals surface area contributed by atoms with Crippen molar-refractivity contribution in [3.8, 4) is 5.75 Å². The molecule has 1 rings (SSSR count). The number of nitrogens with two attached hydrogens (primary N) is 1. The van der Waals surface area contributed by atoms with Crippen LogP contribution in [0.5, 0.6) is 5.75 Å². The molecule has 0 saturated carbocycles. The van der Waals surface area contributed by atoms with Crippen LogP contribution in [0.3, 0.4) is 0 Å². The average Bonchev–Trinajstić information content (AvgIpc) is 2.30. The van der Waals surface area contributed by atoms with Crippen molar-refractivity contribution in [3.05, 3.63) is 28.2 Å². The van der Waals surface area contributed by atoms with Gasteiger partial charge in [-0.1, -0.05) is 23.2 Å². The maximum Gasteiger partial charge on any atom is 0.366 e. The first-order chi connectivity index (χ1) is 8.81. The van der Waals surface area contributed by atoms with Gasteiger partial charge in [0.25, 0.3) is 6.23 Å². The second-order valence-electron chi connectivity index (χ2n) is 3.71. The Kier molecular flexibility index (Phi) is 5.41. The lowest BCUT2D eigenvalue weighted by atomic mass is 10.3. The Morgan fingerprint density at radius 2 is 2.05 bits per heavy atom. The van der Waals surface area contributed by atoms with Gasteiger partial charge in [-0.3, -0.25) is 4.79 Å². The summed E-state index contributed by atoms with van der Waals surface area (Å²) in [7, 11) is 0. The molecule has 19 heavy (non-hydrogen) atoms. The minimum absolute atomic E-state index is 0.0865. The largest absolute Gasteiger partial charge is 0.477 e. The molecular weight excluding hydrogens is 295 g/mol. The summed E-state index contributed by atoms with van der Waals surface area (Å²) in [5, 5.41) is 11.6. The first-order valence-corrected chi connectivity index (χ1v) is 5.97. The van der Waals surface area contributed by atoms with Crippen LogP contribution in [0.1, 0.15) is 6.92 Å². The van der Waals surface area contributed by atoms with Gasteiger partial charge in [-0.15, -0.1) is 0 Å². The minimum atomic E-state index is -1.59. The lowest BCUT2D eigenvalue weighted by molar-refractivity contribution is -0.149. The van der Waals surface area contributed by atoms with E-state index in [4.69, 9.17) is 38.8 Å². The van der Waals surface area contributed by atoms with Crippen molar-refractivity contribution >= 4 is 35.1 Å². The fourth-order valence-electron chi connectivity index (χ4n) is 1.10. The zero-order valence-electron chi connectivity index (χ0n) is 9.89. The van der Waals surface area contributed by atoms with Crippen LogP contribution in [0.25, 0.3) is 0 Å². The predicted octanol–water partition coefficient (Wildman–Crippen LogP) is 1.25. The number of nitrogens with one attached hydrogen (secondary N) is 1. The second-order valence-corrected chi connectivity index (χ2v) is 4.55. The first-order valence-electron chi connectivity index (χ1n) is 5.21. The topological polar surface area (TPSA) is 102 Å². The van der Waals surface area contributed by atoms with Crippen LogP contribution in [0.2, 0.25) is 10.0 Å². The van der Waals surface area contributed by atoms with E-state index in [1.165, 1.54) is 25.1 Å². The molecule has 6 nitrogen and oxygen atoms in total. The van der Waals surface area contributed by atoms with Crippen molar-refractivity contribution in [1.29, 1.82) is 0 Å². The third-order valence-corrected chi connectivity index (χ3v) is 2.58. The molecule has 0 aromatic heterocycles. The Hall–Kier alpha value is -1.50. The monoisotopic (exact) mass is 306 g/mol. The summed E-state index contributed by atoms with van der Waals surface area (Å²) in [5.74, 6) is -1.94. The Labute approximate surface area is 119 Å². The van der Waals surface area contributed by atoms with E-state index in [-0.39, 0.29) is 10.8 Å². The molecule has 0 spiro atoms. The molecule has 0 heterocycles. The molecule has 0 bridgehead atoms. The van der Waals surface area contributed by atoms with Gasteiger partial charge in [0.1, 0.15) is 5.75 Å². The zero-order valence-corrected chi connectivity index (χ0v) is 11.4. The van der Waals surface area contributed by atoms with E-state index >= 15 is 0 Å². The van der Waals surface area contributed by atoms with Crippen molar-refractivity contribution in [2.24, 2.45) is 5.73 Å². The van der Waals surface area contributed by atoms with Gasteiger partial charge in [0, 0.05) is 5.02 Å². The molecule has 0 radical (unpaired) electrons. The lowest BCUT2D eigenvalue weighted by Gasteiger charge is -2.18. The van der Waals surface area contributed by atoms with Gasteiger partial charge >= 0.3 is 5.97 Å². The van der Waals surface area contributed by atoms with Crippen LogP contribution in [0.15, 0.2) is 18.2 Å². The normalized spacial score (nSPS) is 13.5. The van der Waals surface area contributed by atoms with Crippen LogP contribution in [-0.4, -0.2) is 29.3 Å². The molecule has 0 aliphatic heterocycles. The highest BCUT2D eigenvalue weighted by molar-refractivity contribution is 6.35. The third-order valence-electron chi connectivity index (χ3n) is 2.05. The highest BCUT2D eigenvalue weighted by Gasteiger charge is 2.24. The maximum absolute atomic E-state index is 11.4. The first kappa shape index (κ1) is 15.6. The van der Waals surface area contributed by atoms with E-state index in [1.54, 1.807) is 0 Å². The van der Waals surface area contributed by atoms with E-state index in [1.807, 2.05) is 0 Å². The lowest BCUT2D eigenvalue weighted by Crippen LogP contribution is -2.50. The van der Waals surface area contributed by atoms with E-state index in [0.717, 1.165) is 0 Å². The third kappa shape index (κ3) is 4.59. The van der Waals surface area contributed by atoms with Crippen LogP contribution in [0.4, 0.5) is 0 Å². The summed E-state index contributed by atoms with van der Waals surface area (Å²) in [6, 6.07) is 3.42. The van der Waals surface area contributed by atoms with E-state index in [0.29, 0.717) is 5.02 Å². The Bertz CT molecular complexity index is 494. The Balaban J connectivity index is 2.84. The fourth-order valence-corrected chi connectivity index (χ4v) is 1.55. The van der Waals surface area contributed by atoms with Crippen LogP contribution < -0.4 is 15.8 Å².